The molecule has 2 nitrogen and oxygen atoms in total. The van der Waals surface area contributed by atoms with E-state index in [-0.39, 0.29) is 12.2 Å². The second-order valence-corrected chi connectivity index (χ2v) is 4.15. The molecule has 0 spiro atoms. The van der Waals surface area contributed by atoms with Gasteiger partial charge in [-0.15, -0.1) is 13.2 Å². The van der Waals surface area contributed by atoms with Crippen LogP contribution in [0.1, 0.15) is 5.56 Å². The molecular formula is C14H10F5NO. The zero-order chi connectivity index (χ0) is 15.5. The number of hydrogen-bond donors (Lipinski definition) is 1. The van der Waals surface area contributed by atoms with Crippen molar-refractivity contribution in [3.8, 4) is 5.75 Å². The van der Waals surface area contributed by atoms with Gasteiger partial charge in [-0.2, -0.15) is 0 Å². The number of rotatable bonds is 4. The third-order valence-corrected chi connectivity index (χ3v) is 2.58. The first kappa shape index (κ1) is 15.1. The minimum Gasteiger partial charge on any atom is -0.404 e. The maximum Gasteiger partial charge on any atom is 0.573 e. The summed E-state index contributed by atoms with van der Waals surface area (Å²) in [5.74, 6) is -2.40. The summed E-state index contributed by atoms with van der Waals surface area (Å²) in [6, 6.07) is 8.71. The number of ether oxygens (including phenoxy) is 1. The molecule has 0 amide bonds. The van der Waals surface area contributed by atoms with Crippen LogP contribution >= 0.6 is 0 Å². The van der Waals surface area contributed by atoms with E-state index in [2.05, 4.69) is 10.1 Å². The van der Waals surface area contributed by atoms with Crippen LogP contribution in [-0.4, -0.2) is 6.36 Å². The van der Waals surface area contributed by atoms with Crippen molar-refractivity contribution in [1.29, 1.82) is 0 Å². The van der Waals surface area contributed by atoms with Gasteiger partial charge in [0.05, 0.1) is 5.69 Å². The highest BCUT2D eigenvalue weighted by molar-refractivity contribution is 5.56. The molecule has 0 fully saturated rings. The summed E-state index contributed by atoms with van der Waals surface area (Å²) < 4.78 is 66.4. The molecule has 0 aliphatic heterocycles. The molecule has 112 valence electrons. The lowest BCUT2D eigenvalue weighted by Gasteiger charge is -2.14. The number of anilines is 1. The highest BCUT2D eigenvalue weighted by atomic mass is 19.4. The number of benzene rings is 2. The molecule has 0 aliphatic rings. The molecule has 0 bridgehead atoms. The van der Waals surface area contributed by atoms with E-state index in [0.29, 0.717) is 5.56 Å². The molecule has 0 radical (unpaired) electrons. The van der Waals surface area contributed by atoms with Gasteiger partial charge in [0.25, 0.3) is 0 Å². The lowest BCUT2D eigenvalue weighted by atomic mass is 10.2. The van der Waals surface area contributed by atoms with E-state index in [1.807, 2.05) is 0 Å². The van der Waals surface area contributed by atoms with Gasteiger partial charge in [0.15, 0.2) is 17.4 Å². The first-order chi connectivity index (χ1) is 9.85. The summed E-state index contributed by atoms with van der Waals surface area (Å²) in [7, 11) is 0. The second kappa shape index (κ2) is 5.99. The fourth-order valence-corrected chi connectivity index (χ4v) is 1.67. The van der Waals surface area contributed by atoms with Crippen LogP contribution in [0.2, 0.25) is 0 Å². The molecule has 1 N–H and O–H groups in total. The SMILES string of the molecule is Fc1ccc(CNc2ccccc2OC(F)(F)F)cc1F. The summed E-state index contributed by atoms with van der Waals surface area (Å²) in [5.41, 5.74) is 0.482. The Balaban J connectivity index is 2.11. The fraction of sp³-hybridized carbons (Fsp3) is 0.143. The van der Waals surface area contributed by atoms with Gasteiger partial charge >= 0.3 is 6.36 Å². The van der Waals surface area contributed by atoms with Gasteiger partial charge in [-0.3, -0.25) is 0 Å². The van der Waals surface area contributed by atoms with E-state index in [1.54, 1.807) is 0 Å². The van der Waals surface area contributed by atoms with Crippen LogP contribution in [0.3, 0.4) is 0 Å². The predicted molar refractivity (Wildman–Crippen MR) is 66.8 cm³/mol. The zero-order valence-electron chi connectivity index (χ0n) is 10.5. The number of nitrogens with one attached hydrogen (secondary N) is 1. The van der Waals surface area contributed by atoms with E-state index in [9.17, 15) is 22.0 Å². The van der Waals surface area contributed by atoms with Gasteiger partial charge in [0.1, 0.15) is 0 Å². The normalized spacial score (nSPS) is 11.3. The van der Waals surface area contributed by atoms with Crippen molar-refractivity contribution >= 4 is 5.69 Å². The Morgan fingerprint density at radius 1 is 0.952 bits per heavy atom. The first-order valence-corrected chi connectivity index (χ1v) is 5.88. The van der Waals surface area contributed by atoms with Crippen LogP contribution in [0.4, 0.5) is 27.6 Å². The van der Waals surface area contributed by atoms with E-state index in [1.165, 1.54) is 24.3 Å². The molecular weight excluding hydrogens is 293 g/mol. The standard InChI is InChI=1S/C14H10F5NO/c15-10-6-5-9(7-11(10)16)8-20-12-3-1-2-4-13(12)21-14(17,18)19/h1-7,20H,8H2. The fourth-order valence-electron chi connectivity index (χ4n) is 1.67. The molecule has 2 aromatic rings. The molecule has 0 saturated carbocycles. The predicted octanol–water partition coefficient (Wildman–Crippen LogP) is 4.48. The molecule has 0 heterocycles. The van der Waals surface area contributed by atoms with Crippen molar-refractivity contribution < 1.29 is 26.7 Å². The summed E-state index contributed by atoms with van der Waals surface area (Å²) >= 11 is 0. The Morgan fingerprint density at radius 3 is 2.33 bits per heavy atom. The monoisotopic (exact) mass is 303 g/mol. The van der Waals surface area contributed by atoms with E-state index in [0.717, 1.165) is 18.2 Å². The minimum absolute atomic E-state index is 0.0232. The molecule has 0 atom stereocenters. The van der Waals surface area contributed by atoms with E-state index < -0.39 is 23.7 Å². The van der Waals surface area contributed by atoms with Crippen molar-refractivity contribution in [2.24, 2.45) is 0 Å². The molecule has 0 aromatic heterocycles. The van der Waals surface area contributed by atoms with Gasteiger partial charge in [-0.05, 0) is 29.8 Å². The molecule has 7 heteroatoms. The Labute approximate surface area is 117 Å². The second-order valence-electron chi connectivity index (χ2n) is 4.15. The largest absolute Gasteiger partial charge is 0.573 e. The topological polar surface area (TPSA) is 21.3 Å². The number of hydrogen-bond acceptors (Lipinski definition) is 2. The Morgan fingerprint density at radius 2 is 1.67 bits per heavy atom. The summed E-state index contributed by atoms with van der Waals surface area (Å²) in [6.45, 7) is 0.0232. The molecule has 0 saturated heterocycles. The van der Waals surface area contributed by atoms with Crippen LogP contribution < -0.4 is 10.1 Å². The van der Waals surface area contributed by atoms with Gasteiger partial charge in [0.2, 0.25) is 0 Å². The maximum absolute atomic E-state index is 13.0. The van der Waals surface area contributed by atoms with Gasteiger partial charge in [0, 0.05) is 6.54 Å². The van der Waals surface area contributed by atoms with Crippen LogP contribution in [0.5, 0.6) is 5.75 Å². The van der Waals surface area contributed by atoms with Crippen LogP contribution in [0, 0.1) is 11.6 Å². The van der Waals surface area contributed by atoms with E-state index in [4.69, 9.17) is 0 Å². The molecule has 2 rings (SSSR count). The maximum atomic E-state index is 13.0. The van der Waals surface area contributed by atoms with Crippen molar-refractivity contribution in [1.82, 2.24) is 0 Å². The third kappa shape index (κ3) is 4.34. The Hall–Kier alpha value is -2.31. The molecule has 21 heavy (non-hydrogen) atoms. The number of para-hydroxylation sites is 2. The number of alkyl halides is 3. The van der Waals surface area contributed by atoms with Crippen molar-refractivity contribution in [3.05, 3.63) is 59.7 Å². The van der Waals surface area contributed by atoms with Crippen molar-refractivity contribution in [2.75, 3.05) is 5.32 Å². The highest BCUT2D eigenvalue weighted by Crippen LogP contribution is 2.30. The lowest BCUT2D eigenvalue weighted by Crippen LogP contribution is -2.18. The first-order valence-electron chi connectivity index (χ1n) is 5.88. The third-order valence-electron chi connectivity index (χ3n) is 2.58. The van der Waals surface area contributed by atoms with Gasteiger partial charge in [-0.25, -0.2) is 8.78 Å². The average molecular weight is 303 g/mol. The lowest BCUT2D eigenvalue weighted by molar-refractivity contribution is -0.274. The quantitative estimate of drug-likeness (QED) is 0.841. The molecule has 0 unspecified atom stereocenters. The summed E-state index contributed by atoms with van der Waals surface area (Å²) in [4.78, 5) is 0. The van der Waals surface area contributed by atoms with Gasteiger partial charge < -0.3 is 10.1 Å². The van der Waals surface area contributed by atoms with Crippen LogP contribution in [-0.2, 0) is 6.54 Å². The van der Waals surface area contributed by atoms with Crippen LogP contribution in [0.15, 0.2) is 42.5 Å². The smallest absolute Gasteiger partial charge is 0.404 e. The van der Waals surface area contributed by atoms with Crippen molar-refractivity contribution in [3.63, 3.8) is 0 Å². The number of halogens is 5. The molecule has 0 aliphatic carbocycles. The summed E-state index contributed by atoms with van der Waals surface area (Å²) in [5, 5.41) is 2.68. The van der Waals surface area contributed by atoms with Crippen molar-refractivity contribution in [2.45, 2.75) is 12.9 Å². The zero-order valence-corrected chi connectivity index (χ0v) is 10.5. The average Bonchev–Trinajstić information content (AvgIpc) is 2.40. The molecule has 2 aromatic carbocycles. The Kier molecular flexibility index (Phi) is 4.30. The Bertz CT molecular complexity index is 627. The van der Waals surface area contributed by atoms with Gasteiger partial charge in [-0.1, -0.05) is 18.2 Å². The highest BCUT2D eigenvalue weighted by Gasteiger charge is 2.32. The minimum atomic E-state index is -4.81. The van der Waals surface area contributed by atoms with Crippen LogP contribution in [0.25, 0.3) is 0 Å². The van der Waals surface area contributed by atoms with E-state index >= 15 is 0 Å². The summed E-state index contributed by atoms with van der Waals surface area (Å²) in [6.07, 6.45) is -4.81.